The van der Waals surface area contributed by atoms with Crippen LogP contribution in [0.4, 0.5) is 0 Å². The number of rotatable bonds is 5. The molecular formula is C24H35NO5. The second-order valence-corrected chi connectivity index (χ2v) is 10.2. The number of hydrogen-bond donors (Lipinski definition) is 1. The van der Waals surface area contributed by atoms with Crippen LogP contribution in [0.25, 0.3) is 0 Å². The van der Waals surface area contributed by atoms with Gasteiger partial charge in [0.05, 0.1) is 17.4 Å². The third-order valence-electron chi connectivity index (χ3n) is 8.70. The molecule has 6 nitrogen and oxygen atoms in total. The molecule has 166 valence electrons. The minimum absolute atomic E-state index is 0.00201. The van der Waals surface area contributed by atoms with Gasteiger partial charge < -0.3 is 15.2 Å². The van der Waals surface area contributed by atoms with Gasteiger partial charge in [-0.05, 0) is 68.3 Å². The van der Waals surface area contributed by atoms with Gasteiger partial charge in [-0.15, -0.1) is 0 Å². The number of esters is 2. The van der Waals surface area contributed by atoms with E-state index in [1.165, 1.54) is 0 Å². The fraction of sp³-hybridized carbons (Fsp3) is 0.792. The van der Waals surface area contributed by atoms with Crippen LogP contribution in [-0.2, 0) is 23.9 Å². The number of allylic oxidation sites excluding steroid dienone is 1. The van der Waals surface area contributed by atoms with Crippen molar-refractivity contribution in [3.05, 3.63) is 12.2 Å². The molecule has 5 fully saturated rings. The van der Waals surface area contributed by atoms with Gasteiger partial charge in [-0.1, -0.05) is 33.3 Å². The zero-order chi connectivity index (χ0) is 21.8. The van der Waals surface area contributed by atoms with E-state index in [-0.39, 0.29) is 35.4 Å². The third-order valence-corrected chi connectivity index (χ3v) is 8.70. The molecule has 30 heavy (non-hydrogen) atoms. The first-order valence-corrected chi connectivity index (χ1v) is 11.6. The van der Waals surface area contributed by atoms with E-state index in [1.807, 2.05) is 0 Å². The van der Waals surface area contributed by atoms with E-state index in [4.69, 9.17) is 15.2 Å². The van der Waals surface area contributed by atoms with Crippen molar-refractivity contribution in [2.75, 3.05) is 6.61 Å². The maximum Gasteiger partial charge on any atom is 0.322 e. The first kappa shape index (κ1) is 21.5. The second-order valence-electron chi connectivity index (χ2n) is 10.2. The summed E-state index contributed by atoms with van der Waals surface area (Å²) in [4.78, 5) is 39.7. The number of hydrogen-bond acceptors (Lipinski definition) is 6. The molecule has 5 rings (SSSR count). The highest BCUT2D eigenvalue weighted by Gasteiger charge is 2.73. The number of ketones is 1. The van der Waals surface area contributed by atoms with Gasteiger partial charge in [-0.3, -0.25) is 14.4 Å². The number of unbranched alkanes of at least 4 members (excludes halogenated alkanes) is 1. The minimum atomic E-state index is -0.878. The lowest BCUT2D eigenvalue weighted by Crippen LogP contribution is -2.71. The summed E-state index contributed by atoms with van der Waals surface area (Å²) in [6.07, 6.45) is 4.81. The van der Waals surface area contributed by atoms with Gasteiger partial charge in [0.15, 0.2) is 5.78 Å². The second kappa shape index (κ2) is 7.47. The van der Waals surface area contributed by atoms with Crippen LogP contribution in [0.15, 0.2) is 12.2 Å². The highest BCUT2D eigenvalue weighted by atomic mass is 16.5. The highest BCUT2D eigenvalue weighted by molar-refractivity contribution is 6.03. The summed E-state index contributed by atoms with van der Waals surface area (Å²) in [6, 6.07) is -0.751. The smallest absolute Gasteiger partial charge is 0.322 e. The Hall–Kier alpha value is -1.69. The molecule has 8 atom stereocenters. The van der Waals surface area contributed by atoms with Crippen molar-refractivity contribution < 1.29 is 23.9 Å². The molecule has 1 aliphatic heterocycles. The molecule has 1 heterocycles. The lowest BCUT2D eigenvalue weighted by molar-refractivity contribution is -0.235. The van der Waals surface area contributed by atoms with Gasteiger partial charge in [0.2, 0.25) is 0 Å². The average Bonchev–Trinajstić information content (AvgIpc) is 2.73. The van der Waals surface area contributed by atoms with Crippen LogP contribution in [0.3, 0.4) is 0 Å². The average molecular weight is 418 g/mol. The van der Waals surface area contributed by atoms with Crippen LogP contribution >= 0.6 is 0 Å². The molecule has 4 saturated carbocycles. The predicted octanol–water partition coefficient (Wildman–Crippen LogP) is 3.18. The molecule has 1 spiro atoms. The number of nitrogens with two attached hydrogens (primary N) is 1. The summed E-state index contributed by atoms with van der Waals surface area (Å²) in [5.74, 6) is -0.500. The van der Waals surface area contributed by atoms with Crippen LogP contribution in [0.1, 0.15) is 65.7 Å². The van der Waals surface area contributed by atoms with Crippen molar-refractivity contribution in [1.29, 1.82) is 0 Å². The Balaban J connectivity index is 1.86. The van der Waals surface area contributed by atoms with E-state index < -0.39 is 28.9 Å². The number of ether oxygens (including phenoxy) is 2. The predicted molar refractivity (Wildman–Crippen MR) is 111 cm³/mol. The maximum atomic E-state index is 13.7. The van der Waals surface area contributed by atoms with Gasteiger partial charge in [0.25, 0.3) is 0 Å². The number of fused-ring (bicyclic) bond motifs is 3. The summed E-state index contributed by atoms with van der Waals surface area (Å²) in [7, 11) is 0. The van der Waals surface area contributed by atoms with Crippen LogP contribution in [0.5, 0.6) is 0 Å². The first-order chi connectivity index (χ1) is 14.2. The number of carbonyl (C=O) groups is 3. The fourth-order valence-corrected chi connectivity index (χ4v) is 7.21. The van der Waals surface area contributed by atoms with Crippen LogP contribution in [0, 0.1) is 34.5 Å². The van der Waals surface area contributed by atoms with Crippen LogP contribution < -0.4 is 5.73 Å². The molecule has 6 heteroatoms. The summed E-state index contributed by atoms with van der Waals surface area (Å²) < 4.78 is 11.7. The van der Waals surface area contributed by atoms with Crippen molar-refractivity contribution in [2.24, 2.45) is 40.2 Å². The van der Waals surface area contributed by atoms with Gasteiger partial charge in [0.1, 0.15) is 12.1 Å². The van der Waals surface area contributed by atoms with Crippen molar-refractivity contribution in [2.45, 2.75) is 77.9 Å². The van der Waals surface area contributed by atoms with Crippen molar-refractivity contribution in [3.8, 4) is 0 Å². The van der Waals surface area contributed by atoms with E-state index >= 15 is 0 Å². The summed E-state index contributed by atoms with van der Waals surface area (Å²) in [6.45, 7) is 10.3. The van der Waals surface area contributed by atoms with Crippen LogP contribution in [-0.4, -0.2) is 36.5 Å². The lowest BCUT2D eigenvalue weighted by Gasteiger charge is -2.66. The van der Waals surface area contributed by atoms with Gasteiger partial charge in [-0.2, -0.15) is 0 Å². The molecule has 5 aliphatic rings. The van der Waals surface area contributed by atoms with E-state index in [2.05, 4.69) is 20.4 Å². The molecule has 0 aromatic carbocycles. The van der Waals surface area contributed by atoms with Gasteiger partial charge in [-0.25, -0.2) is 0 Å². The summed E-state index contributed by atoms with van der Waals surface area (Å²) in [5, 5.41) is 0. The molecule has 0 aromatic rings. The normalized spacial score (nSPS) is 43.5. The van der Waals surface area contributed by atoms with Crippen molar-refractivity contribution >= 4 is 17.7 Å². The molecule has 1 saturated heterocycles. The van der Waals surface area contributed by atoms with E-state index in [1.54, 1.807) is 6.92 Å². The summed E-state index contributed by atoms with van der Waals surface area (Å²) in [5.41, 5.74) is 4.88. The topological polar surface area (TPSA) is 95.7 Å². The molecule has 0 radical (unpaired) electrons. The molecule has 4 unspecified atom stereocenters. The van der Waals surface area contributed by atoms with Gasteiger partial charge >= 0.3 is 11.9 Å². The fourth-order valence-electron chi connectivity index (χ4n) is 7.21. The minimum Gasteiger partial charge on any atom is -0.465 e. The molecule has 4 aliphatic carbocycles. The SMILES string of the molecule is C=C1C(=O)C23CCC1CC2[C@@]1(CCCC)C(=O)OC[C@@H](C)C1C[C@H]3OC(=O)[C@@H](C)N. The van der Waals surface area contributed by atoms with Crippen LogP contribution in [0.2, 0.25) is 0 Å². The Kier molecular flexibility index (Phi) is 5.36. The first-order valence-electron chi connectivity index (χ1n) is 11.6. The Morgan fingerprint density at radius 1 is 1.37 bits per heavy atom. The Morgan fingerprint density at radius 2 is 2.10 bits per heavy atom. The van der Waals surface area contributed by atoms with Crippen molar-refractivity contribution in [3.63, 3.8) is 0 Å². The molecule has 2 N–H and O–H groups in total. The number of Topliss-reactive ketones (excluding diaryl/α,β-unsaturated/α-hetero) is 1. The number of carbonyl (C=O) groups excluding carboxylic acids is 3. The standard InChI is InChI=1S/C24H35NO5/c1-5-6-8-23-17(13(2)12-29-22(23)28)11-19(30-21(27)15(4)25)24-9-7-16(10-18(23)24)14(3)20(24)26/h13,15-19H,3,5-12,25H2,1-2,4H3/t13-,15-,16?,17?,18?,19-,23+,24?/m1/s1. The highest BCUT2D eigenvalue weighted by Crippen LogP contribution is 2.69. The lowest BCUT2D eigenvalue weighted by atomic mass is 9.37. The Morgan fingerprint density at radius 3 is 2.77 bits per heavy atom. The molecule has 0 aromatic heterocycles. The zero-order valence-electron chi connectivity index (χ0n) is 18.4. The molecule has 0 amide bonds. The Labute approximate surface area is 178 Å². The maximum absolute atomic E-state index is 13.7. The van der Waals surface area contributed by atoms with Crippen molar-refractivity contribution in [1.82, 2.24) is 0 Å². The van der Waals surface area contributed by atoms with Gasteiger partial charge in [0, 0.05) is 0 Å². The zero-order valence-corrected chi connectivity index (χ0v) is 18.4. The quantitative estimate of drug-likeness (QED) is 0.545. The third kappa shape index (κ3) is 2.75. The Bertz CT molecular complexity index is 776. The monoisotopic (exact) mass is 417 g/mol. The summed E-state index contributed by atoms with van der Waals surface area (Å²) >= 11 is 0. The molecular weight excluding hydrogens is 382 g/mol. The molecule has 2 bridgehead atoms. The number of cyclic esters (lactones) is 1. The van der Waals surface area contributed by atoms with E-state index in [0.29, 0.717) is 25.0 Å². The van der Waals surface area contributed by atoms with E-state index in [0.717, 1.165) is 32.1 Å². The largest absolute Gasteiger partial charge is 0.465 e. The van der Waals surface area contributed by atoms with E-state index in [9.17, 15) is 14.4 Å².